The van der Waals surface area contributed by atoms with Gasteiger partial charge in [0.2, 0.25) is 5.91 Å². The van der Waals surface area contributed by atoms with Gasteiger partial charge < -0.3 is 15.4 Å². The molecule has 4 nitrogen and oxygen atoms in total. The molecular formula is C13H18N2O2. The largest absolute Gasteiger partial charge is 0.375 e. The molecule has 2 rings (SSSR count). The topological polar surface area (TPSA) is 50.4 Å². The summed E-state index contributed by atoms with van der Waals surface area (Å²) in [5, 5.41) is 6.07. The van der Waals surface area contributed by atoms with Gasteiger partial charge >= 0.3 is 0 Å². The van der Waals surface area contributed by atoms with E-state index in [4.69, 9.17) is 4.74 Å². The van der Waals surface area contributed by atoms with Gasteiger partial charge in [0.1, 0.15) is 6.04 Å². The minimum Gasteiger partial charge on any atom is -0.375 e. The number of nitrogens with one attached hydrogen (secondary N) is 2. The highest BCUT2D eigenvalue weighted by Gasteiger charge is 2.28. The van der Waals surface area contributed by atoms with E-state index in [1.165, 1.54) is 0 Å². The van der Waals surface area contributed by atoms with E-state index < -0.39 is 0 Å². The standard InChI is InChI=1S/C13H18N2O2/c1-9-4-3-5-11(8-9)15-13(16)12-10(2)17-7-6-14-12/h3-5,8,10,12,14H,6-7H2,1-2H3,(H,15,16)/t10-,12+/m1/s1. The monoisotopic (exact) mass is 234 g/mol. The molecule has 0 unspecified atom stereocenters. The lowest BCUT2D eigenvalue weighted by Crippen LogP contribution is -2.53. The summed E-state index contributed by atoms with van der Waals surface area (Å²) in [6, 6.07) is 7.49. The minimum atomic E-state index is -0.274. The molecule has 92 valence electrons. The van der Waals surface area contributed by atoms with Gasteiger partial charge in [-0.2, -0.15) is 0 Å². The maximum atomic E-state index is 12.0. The van der Waals surface area contributed by atoms with Gasteiger partial charge in [0.25, 0.3) is 0 Å². The Morgan fingerprint density at radius 3 is 3.06 bits per heavy atom. The van der Waals surface area contributed by atoms with Crippen LogP contribution in [-0.2, 0) is 9.53 Å². The van der Waals surface area contributed by atoms with E-state index in [1.807, 2.05) is 38.1 Å². The van der Waals surface area contributed by atoms with Crippen LogP contribution in [0.25, 0.3) is 0 Å². The van der Waals surface area contributed by atoms with Crippen molar-refractivity contribution in [2.24, 2.45) is 0 Å². The fraction of sp³-hybridized carbons (Fsp3) is 0.462. The van der Waals surface area contributed by atoms with Crippen molar-refractivity contribution in [2.45, 2.75) is 26.0 Å². The van der Waals surface area contributed by atoms with Crippen molar-refractivity contribution in [2.75, 3.05) is 18.5 Å². The highest BCUT2D eigenvalue weighted by atomic mass is 16.5. The lowest BCUT2D eigenvalue weighted by Gasteiger charge is -2.29. The normalized spacial score (nSPS) is 24.4. The van der Waals surface area contributed by atoms with Crippen molar-refractivity contribution in [3.63, 3.8) is 0 Å². The molecule has 1 aliphatic rings. The van der Waals surface area contributed by atoms with E-state index in [0.29, 0.717) is 6.61 Å². The second kappa shape index (κ2) is 5.29. The van der Waals surface area contributed by atoms with Crippen LogP contribution in [-0.4, -0.2) is 31.2 Å². The summed E-state index contributed by atoms with van der Waals surface area (Å²) in [5.74, 6) is -0.0391. The van der Waals surface area contributed by atoms with E-state index in [1.54, 1.807) is 0 Å². The van der Waals surface area contributed by atoms with E-state index in [0.717, 1.165) is 17.8 Å². The maximum Gasteiger partial charge on any atom is 0.244 e. The summed E-state index contributed by atoms with van der Waals surface area (Å²) in [7, 11) is 0. The van der Waals surface area contributed by atoms with Gasteiger partial charge in [-0.3, -0.25) is 4.79 Å². The van der Waals surface area contributed by atoms with E-state index >= 15 is 0 Å². The molecule has 1 heterocycles. The third-order valence-electron chi connectivity index (χ3n) is 2.88. The van der Waals surface area contributed by atoms with Gasteiger partial charge in [-0.25, -0.2) is 0 Å². The molecule has 2 N–H and O–H groups in total. The van der Waals surface area contributed by atoms with Crippen molar-refractivity contribution < 1.29 is 9.53 Å². The first-order chi connectivity index (χ1) is 8.16. The first-order valence-corrected chi connectivity index (χ1v) is 5.89. The van der Waals surface area contributed by atoms with Crippen LogP contribution in [0.2, 0.25) is 0 Å². The number of hydrogen-bond acceptors (Lipinski definition) is 3. The average molecular weight is 234 g/mol. The maximum absolute atomic E-state index is 12.0. The molecule has 1 aromatic carbocycles. The zero-order valence-corrected chi connectivity index (χ0v) is 10.2. The Morgan fingerprint density at radius 2 is 2.35 bits per heavy atom. The van der Waals surface area contributed by atoms with Gasteiger partial charge in [-0.05, 0) is 31.5 Å². The van der Waals surface area contributed by atoms with Gasteiger partial charge in [0, 0.05) is 12.2 Å². The molecule has 17 heavy (non-hydrogen) atoms. The molecule has 1 saturated heterocycles. The molecule has 2 atom stereocenters. The van der Waals surface area contributed by atoms with Crippen molar-refractivity contribution in [3.8, 4) is 0 Å². The van der Waals surface area contributed by atoms with Crippen LogP contribution in [0, 0.1) is 6.92 Å². The Morgan fingerprint density at radius 1 is 1.53 bits per heavy atom. The van der Waals surface area contributed by atoms with Crippen LogP contribution in [0.1, 0.15) is 12.5 Å². The molecule has 0 bridgehead atoms. The molecule has 4 heteroatoms. The summed E-state index contributed by atoms with van der Waals surface area (Å²) in [5.41, 5.74) is 1.96. The Balaban J connectivity index is 2.01. The number of rotatable bonds is 2. The molecule has 0 radical (unpaired) electrons. The summed E-state index contributed by atoms with van der Waals surface area (Å²) in [4.78, 5) is 12.0. The molecule has 0 aliphatic carbocycles. The van der Waals surface area contributed by atoms with E-state index in [9.17, 15) is 4.79 Å². The van der Waals surface area contributed by atoms with Crippen LogP contribution in [0.5, 0.6) is 0 Å². The number of aryl methyl sites for hydroxylation is 1. The van der Waals surface area contributed by atoms with Crippen molar-refractivity contribution in [1.82, 2.24) is 5.32 Å². The number of benzene rings is 1. The second-order valence-corrected chi connectivity index (χ2v) is 4.37. The van der Waals surface area contributed by atoms with Crippen LogP contribution >= 0.6 is 0 Å². The zero-order valence-electron chi connectivity index (χ0n) is 10.2. The Labute approximate surface area is 101 Å². The van der Waals surface area contributed by atoms with Gasteiger partial charge in [0.15, 0.2) is 0 Å². The van der Waals surface area contributed by atoms with Crippen LogP contribution in [0.4, 0.5) is 5.69 Å². The summed E-state index contributed by atoms with van der Waals surface area (Å²) in [6.45, 7) is 5.29. The number of hydrogen-bond donors (Lipinski definition) is 2. The third-order valence-corrected chi connectivity index (χ3v) is 2.88. The molecular weight excluding hydrogens is 216 g/mol. The molecule has 0 saturated carbocycles. The lowest BCUT2D eigenvalue weighted by atomic mass is 10.1. The van der Waals surface area contributed by atoms with Crippen LogP contribution in [0.3, 0.4) is 0 Å². The lowest BCUT2D eigenvalue weighted by molar-refractivity contribution is -0.123. The smallest absolute Gasteiger partial charge is 0.244 e. The summed E-state index contributed by atoms with van der Waals surface area (Å²) < 4.78 is 5.45. The van der Waals surface area contributed by atoms with Crippen molar-refractivity contribution in [1.29, 1.82) is 0 Å². The zero-order chi connectivity index (χ0) is 12.3. The fourth-order valence-corrected chi connectivity index (χ4v) is 1.97. The first-order valence-electron chi connectivity index (χ1n) is 5.89. The van der Waals surface area contributed by atoms with Crippen molar-refractivity contribution in [3.05, 3.63) is 29.8 Å². The number of anilines is 1. The average Bonchev–Trinajstić information content (AvgIpc) is 2.29. The molecule has 0 spiro atoms. The summed E-state index contributed by atoms with van der Waals surface area (Å²) >= 11 is 0. The minimum absolute atomic E-state index is 0.0391. The molecule has 1 aliphatic heterocycles. The fourth-order valence-electron chi connectivity index (χ4n) is 1.97. The van der Waals surface area contributed by atoms with Gasteiger partial charge in [0.05, 0.1) is 12.7 Å². The molecule has 0 aromatic heterocycles. The predicted octanol–water partition coefficient (Wildman–Crippen LogP) is 1.31. The number of carbonyl (C=O) groups excluding carboxylic acids is 1. The Bertz CT molecular complexity index is 406. The number of ether oxygens (including phenoxy) is 1. The Kier molecular flexibility index (Phi) is 3.76. The Hall–Kier alpha value is -1.39. The van der Waals surface area contributed by atoms with Crippen molar-refractivity contribution >= 4 is 11.6 Å². The predicted molar refractivity (Wildman–Crippen MR) is 67.0 cm³/mol. The number of carbonyl (C=O) groups is 1. The van der Waals surface area contributed by atoms with Crippen LogP contribution in [0.15, 0.2) is 24.3 Å². The van der Waals surface area contributed by atoms with Gasteiger partial charge in [-0.1, -0.05) is 12.1 Å². The van der Waals surface area contributed by atoms with Crippen LogP contribution < -0.4 is 10.6 Å². The highest BCUT2D eigenvalue weighted by Crippen LogP contribution is 2.12. The third kappa shape index (κ3) is 3.05. The second-order valence-electron chi connectivity index (χ2n) is 4.37. The molecule has 1 fully saturated rings. The molecule has 1 amide bonds. The SMILES string of the molecule is Cc1cccc(NC(=O)[C@H]2NCCO[C@@H]2C)c1. The quantitative estimate of drug-likeness (QED) is 0.811. The number of morpholine rings is 1. The van der Waals surface area contributed by atoms with E-state index in [-0.39, 0.29) is 18.1 Å². The van der Waals surface area contributed by atoms with Gasteiger partial charge in [-0.15, -0.1) is 0 Å². The highest BCUT2D eigenvalue weighted by molar-refractivity contribution is 5.95. The summed E-state index contributed by atoms with van der Waals surface area (Å²) in [6.07, 6.45) is -0.0893. The first kappa shape index (κ1) is 12.1. The van der Waals surface area contributed by atoms with E-state index in [2.05, 4.69) is 10.6 Å². The number of amides is 1. The molecule has 1 aromatic rings.